The number of carbonyl (C=O) groups excluding carboxylic acids is 1. The van der Waals surface area contributed by atoms with Crippen molar-refractivity contribution in [1.29, 1.82) is 0 Å². The minimum absolute atomic E-state index is 0.0862. The molecule has 1 aliphatic heterocycles. The number of imidazole rings is 1. The molecule has 37 heavy (non-hydrogen) atoms. The third-order valence-electron chi connectivity index (χ3n) is 6.95. The topological polar surface area (TPSA) is 113 Å². The van der Waals surface area contributed by atoms with Gasteiger partial charge >= 0.3 is 5.97 Å². The largest absolute Gasteiger partial charge is 0.478 e. The number of piperidine rings is 1. The van der Waals surface area contributed by atoms with Crippen LogP contribution in [0.15, 0.2) is 24.3 Å². The summed E-state index contributed by atoms with van der Waals surface area (Å²) in [6.45, 7) is 4.12. The molecule has 1 saturated carbocycles. The number of hydrogen-bond donors (Lipinski definition) is 2. The summed E-state index contributed by atoms with van der Waals surface area (Å²) < 4.78 is 2.51. The number of halogens is 1. The van der Waals surface area contributed by atoms with Crippen LogP contribution in [0.2, 0.25) is 4.34 Å². The fourth-order valence-corrected chi connectivity index (χ4v) is 6.93. The van der Waals surface area contributed by atoms with Gasteiger partial charge in [-0.3, -0.25) is 4.79 Å². The number of carbonyl (C=O) groups is 2. The first-order valence-electron chi connectivity index (χ1n) is 12.2. The number of fused-ring (bicyclic) bond motifs is 1. The van der Waals surface area contributed by atoms with Gasteiger partial charge in [-0.1, -0.05) is 22.9 Å². The molecule has 1 saturated heterocycles. The Balaban J connectivity index is 1.31. The molecule has 1 aliphatic carbocycles. The van der Waals surface area contributed by atoms with Crippen molar-refractivity contribution in [2.75, 3.05) is 13.1 Å². The van der Waals surface area contributed by atoms with Crippen LogP contribution in [0.25, 0.3) is 20.9 Å². The predicted molar refractivity (Wildman–Crippen MR) is 144 cm³/mol. The number of hydrogen-bond acceptors (Lipinski definition) is 8. The number of nitrogens with zero attached hydrogens (tertiary/aromatic N) is 5. The van der Waals surface area contributed by atoms with Gasteiger partial charge < -0.3 is 19.9 Å². The Labute approximate surface area is 226 Å². The van der Waals surface area contributed by atoms with Crippen LogP contribution < -0.4 is 5.32 Å². The number of nitrogens with one attached hydrogen (secondary N) is 1. The molecule has 2 N–H and O–H groups in total. The molecule has 0 bridgehead atoms. The van der Waals surface area contributed by atoms with Gasteiger partial charge in [-0.2, -0.15) is 0 Å². The molecule has 0 unspecified atom stereocenters. The minimum atomic E-state index is -1.03. The fourth-order valence-electron chi connectivity index (χ4n) is 5.01. The number of aromatic carboxylic acids is 1. The molecule has 192 valence electrons. The second kappa shape index (κ2) is 9.79. The highest BCUT2D eigenvalue weighted by molar-refractivity contribution is 7.23. The molecule has 1 amide bonds. The number of aryl methyl sites for hydroxylation is 1. The predicted octanol–water partition coefficient (Wildman–Crippen LogP) is 4.68. The van der Waals surface area contributed by atoms with E-state index in [2.05, 4.69) is 25.4 Å². The number of benzene rings is 1. The van der Waals surface area contributed by atoms with E-state index in [1.54, 1.807) is 6.07 Å². The lowest BCUT2D eigenvalue weighted by molar-refractivity contribution is 0.0696. The Morgan fingerprint density at radius 2 is 1.92 bits per heavy atom. The van der Waals surface area contributed by atoms with Crippen LogP contribution >= 0.6 is 34.3 Å². The molecule has 9 nitrogen and oxygen atoms in total. The van der Waals surface area contributed by atoms with Crippen molar-refractivity contribution in [3.63, 3.8) is 0 Å². The number of rotatable bonds is 7. The van der Waals surface area contributed by atoms with Crippen molar-refractivity contribution < 1.29 is 14.7 Å². The first kappa shape index (κ1) is 24.5. The standard InChI is InChI=1S/C25H25ClN6O3S2/c1-13-10-14(25(34)35)11-17-21(13)32(12-20-29-30-24(37-20)18-4-5-19(26)36-18)22(28-17)23(33)27-15-6-8-31(9-7-15)16-2-3-16/h4-5,10-11,15-16H,2-3,6-9,12H2,1H3,(H,27,33)(H,34,35). The zero-order valence-electron chi connectivity index (χ0n) is 20.1. The fraction of sp³-hybridized carbons (Fsp3) is 0.400. The molecule has 0 spiro atoms. The Hall–Kier alpha value is -2.86. The SMILES string of the molecule is Cc1cc(C(=O)O)cc2nc(C(=O)NC3CCN(C4CC4)CC3)n(Cc3nnc(-c4ccc(Cl)s4)s3)c12. The van der Waals surface area contributed by atoms with Gasteiger partial charge in [0.25, 0.3) is 5.91 Å². The van der Waals surface area contributed by atoms with E-state index in [4.69, 9.17) is 11.6 Å². The normalized spacial score (nSPS) is 16.9. The third-order valence-corrected chi connectivity index (χ3v) is 9.26. The second-order valence-electron chi connectivity index (χ2n) is 9.61. The summed E-state index contributed by atoms with van der Waals surface area (Å²) in [4.78, 5) is 33.2. The first-order valence-corrected chi connectivity index (χ1v) is 14.2. The molecule has 4 aromatic rings. The van der Waals surface area contributed by atoms with Crippen LogP contribution in [-0.2, 0) is 6.54 Å². The Kier molecular flexibility index (Phi) is 6.47. The molecule has 0 atom stereocenters. The number of amides is 1. The van der Waals surface area contributed by atoms with Gasteiger partial charge in [0.15, 0.2) is 10.8 Å². The smallest absolute Gasteiger partial charge is 0.335 e. The zero-order chi connectivity index (χ0) is 25.7. The maximum absolute atomic E-state index is 13.5. The monoisotopic (exact) mass is 556 g/mol. The number of carboxylic acids is 1. The van der Waals surface area contributed by atoms with E-state index in [0.717, 1.165) is 52.9 Å². The van der Waals surface area contributed by atoms with Crippen LogP contribution in [-0.4, -0.2) is 66.8 Å². The second-order valence-corrected chi connectivity index (χ2v) is 12.4. The van der Waals surface area contributed by atoms with Crippen LogP contribution in [0.3, 0.4) is 0 Å². The van der Waals surface area contributed by atoms with Crippen LogP contribution in [0.5, 0.6) is 0 Å². The molecule has 12 heteroatoms. The van der Waals surface area contributed by atoms with E-state index in [1.807, 2.05) is 23.6 Å². The molecule has 2 aliphatic rings. The quantitative estimate of drug-likeness (QED) is 0.340. The van der Waals surface area contributed by atoms with Crippen molar-refractivity contribution in [3.8, 4) is 9.88 Å². The molecule has 2 fully saturated rings. The Bertz CT molecular complexity index is 1500. The van der Waals surface area contributed by atoms with Gasteiger partial charge in [-0.25, -0.2) is 9.78 Å². The minimum Gasteiger partial charge on any atom is -0.478 e. The maximum Gasteiger partial charge on any atom is 0.335 e. The van der Waals surface area contributed by atoms with E-state index < -0.39 is 5.97 Å². The molecular weight excluding hydrogens is 532 g/mol. The maximum atomic E-state index is 13.5. The summed E-state index contributed by atoms with van der Waals surface area (Å²) in [6, 6.07) is 7.68. The molecule has 1 aromatic carbocycles. The number of likely N-dealkylation sites (tertiary alicyclic amines) is 1. The lowest BCUT2D eigenvalue weighted by Crippen LogP contribution is -2.45. The van der Waals surface area contributed by atoms with Crippen molar-refractivity contribution >= 4 is 57.2 Å². The Morgan fingerprint density at radius 3 is 2.59 bits per heavy atom. The van der Waals surface area contributed by atoms with Crippen LogP contribution in [0, 0.1) is 6.92 Å². The average molecular weight is 557 g/mol. The zero-order valence-corrected chi connectivity index (χ0v) is 22.5. The molecule has 3 aromatic heterocycles. The number of aromatic nitrogens is 4. The van der Waals surface area contributed by atoms with Crippen molar-refractivity contribution in [3.05, 3.63) is 50.6 Å². The van der Waals surface area contributed by atoms with Crippen LogP contribution in [0.1, 0.15) is 57.2 Å². The van der Waals surface area contributed by atoms with Gasteiger partial charge in [-0.15, -0.1) is 21.5 Å². The van der Waals surface area contributed by atoms with E-state index in [0.29, 0.717) is 21.4 Å². The summed E-state index contributed by atoms with van der Waals surface area (Å²) in [7, 11) is 0. The highest BCUT2D eigenvalue weighted by Crippen LogP contribution is 2.34. The summed E-state index contributed by atoms with van der Waals surface area (Å²) >= 11 is 8.96. The summed E-state index contributed by atoms with van der Waals surface area (Å²) in [5.74, 6) is -1.04. The van der Waals surface area contributed by atoms with Crippen LogP contribution in [0.4, 0.5) is 0 Å². The van der Waals surface area contributed by atoms with Crippen molar-refractivity contribution in [2.24, 2.45) is 0 Å². The van der Waals surface area contributed by atoms with Gasteiger partial charge in [0.05, 0.1) is 32.4 Å². The molecule has 4 heterocycles. The van der Waals surface area contributed by atoms with E-state index >= 15 is 0 Å². The third kappa shape index (κ3) is 5.00. The number of thiophene rings is 1. The van der Waals surface area contributed by atoms with Crippen molar-refractivity contribution in [1.82, 2.24) is 30.0 Å². The highest BCUT2D eigenvalue weighted by Gasteiger charge is 2.33. The van der Waals surface area contributed by atoms with E-state index in [-0.39, 0.29) is 23.3 Å². The average Bonchev–Trinajstić information content (AvgIpc) is 3.27. The van der Waals surface area contributed by atoms with Gasteiger partial charge in [0.1, 0.15) is 5.01 Å². The van der Waals surface area contributed by atoms with Gasteiger partial charge in [0.2, 0.25) is 0 Å². The first-order chi connectivity index (χ1) is 17.9. The van der Waals surface area contributed by atoms with Gasteiger partial charge in [0, 0.05) is 25.2 Å². The lowest BCUT2D eigenvalue weighted by atomic mass is 10.0. The summed E-state index contributed by atoms with van der Waals surface area (Å²) in [5.41, 5.74) is 2.06. The Morgan fingerprint density at radius 1 is 1.14 bits per heavy atom. The van der Waals surface area contributed by atoms with Crippen molar-refractivity contribution in [2.45, 2.75) is 51.2 Å². The molecule has 6 rings (SSSR count). The molecule has 0 radical (unpaired) electrons. The highest BCUT2D eigenvalue weighted by atomic mass is 35.5. The lowest BCUT2D eigenvalue weighted by Gasteiger charge is -2.32. The summed E-state index contributed by atoms with van der Waals surface area (Å²) in [5, 5.41) is 22.9. The van der Waals surface area contributed by atoms with Gasteiger partial charge in [-0.05, 0) is 62.4 Å². The van der Waals surface area contributed by atoms with E-state index in [9.17, 15) is 14.7 Å². The molecular formula is C25H25ClN6O3S2. The summed E-state index contributed by atoms with van der Waals surface area (Å²) in [6.07, 6.45) is 4.39. The van der Waals surface area contributed by atoms with E-state index in [1.165, 1.54) is 41.6 Å². The number of carboxylic acid groups (broad SMARTS) is 1.